The highest BCUT2D eigenvalue weighted by Crippen LogP contribution is 2.24. The minimum absolute atomic E-state index is 0.00937. The molecule has 1 aromatic rings. The van der Waals surface area contributed by atoms with Crippen LogP contribution in [0.3, 0.4) is 0 Å². The molecule has 1 unspecified atom stereocenters. The van der Waals surface area contributed by atoms with Gasteiger partial charge in [0.2, 0.25) is 0 Å². The number of rotatable bonds is 7. The molecule has 0 radical (unpaired) electrons. The summed E-state index contributed by atoms with van der Waals surface area (Å²) in [5, 5.41) is 6.19. The van der Waals surface area contributed by atoms with Gasteiger partial charge < -0.3 is 20.3 Å². The Morgan fingerprint density at radius 1 is 1.33 bits per heavy atom. The van der Waals surface area contributed by atoms with Crippen LogP contribution in [-0.4, -0.2) is 58.1 Å². The Labute approximate surface area is 154 Å². The number of nitrogens with zero attached hydrogens (tertiary/aromatic N) is 2. The van der Waals surface area contributed by atoms with Gasteiger partial charge in [-0.3, -0.25) is 4.99 Å². The highest BCUT2D eigenvalue weighted by molar-refractivity contribution is 5.80. The van der Waals surface area contributed by atoms with Crippen LogP contribution in [0.5, 0.6) is 0 Å². The molecular weight excluding hydrogens is 371 g/mol. The average Bonchev–Trinajstić information content (AvgIpc) is 3.04. The molecular formula is C17H23F5N4O. The van der Waals surface area contributed by atoms with E-state index in [-0.39, 0.29) is 12.6 Å². The number of hydrogen-bond donors (Lipinski definition) is 2. The molecule has 0 amide bonds. The van der Waals surface area contributed by atoms with Gasteiger partial charge in [-0.2, -0.15) is 13.2 Å². The molecule has 0 aliphatic carbocycles. The average molecular weight is 394 g/mol. The zero-order valence-corrected chi connectivity index (χ0v) is 15.0. The normalized spacial score (nSPS) is 18.1. The monoisotopic (exact) mass is 394 g/mol. The van der Waals surface area contributed by atoms with Crippen molar-refractivity contribution < 1.29 is 26.7 Å². The molecule has 0 bridgehead atoms. The third-order valence-corrected chi connectivity index (χ3v) is 4.03. The second-order valence-electron chi connectivity index (χ2n) is 6.19. The van der Waals surface area contributed by atoms with Gasteiger partial charge in [-0.25, -0.2) is 8.78 Å². The van der Waals surface area contributed by atoms with Crippen molar-refractivity contribution in [3.8, 4) is 0 Å². The molecule has 2 N–H and O–H groups in total. The summed E-state index contributed by atoms with van der Waals surface area (Å²) in [6, 6.07) is 3.51. The zero-order chi connectivity index (χ0) is 19.9. The van der Waals surface area contributed by atoms with Crippen LogP contribution in [0, 0.1) is 11.6 Å². The fraction of sp³-hybridized carbons (Fsp3) is 0.588. The Balaban J connectivity index is 1.71. The van der Waals surface area contributed by atoms with Crippen molar-refractivity contribution in [1.29, 1.82) is 0 Å². The lowest BCUT2D eigenvalue weighted by molar-refractivity contribution is -0.173. The van der Waals surface area contributed by atoms with Crippen LogP contribution in [0.2, 0.25) is 0 Å². The van der Waals surface area contributed by atoms with Crippen molar-refractivity contribution in [2.45, 2.75) is 25.1 Å². The highest BCUT2D eigenvalue weighted by Gasteiger charge is 2.27. The molecule has 1 heterocycles. The van der Waals surface area contributed by atoms with Crippen LogP contribution in [0.15, 0.2) is 23.2 Å². The van der Waals surface area contributed by atoms with Crippen molar-refractivity contribution in [1.82, 2.24) is 10.6 Å². The van der Waals surface area contributed by atoms with Gasteiger partial charge in [0.15, 0.2) is 5.96 Å². The number of benzene rings is 1. The molecule has 1 atom stereocenters. The van der Waals surface area contributed by atoms with Crippen molar-refractivity contribution in [3.63, 3.8) is 0 Å². The zero-order valence-electron chi connectivity index (χ0n) is 15.0. The summed E-state index contributed by atoms with van der Waals surface area (Å²) in [5.74, 6) is -0.705. The quantitative estimate of drug-likeness (QED) is 0.323. The van der Waals surface area contributed by atoms with Crippen LogP contribution in [0.25, 0.3) is 0 Å². The molecule has 10 heteroatoms. The van der Waals surface area contributed by atoms with Gasteiger partial charge in [0.25, 0.3) is 0 Å². The van der Waals surface area contributed by atoms with E-state index in [9.17, 15) is 22.0 Å². The second-order valence-corrected chi connectivity index (χ2v) is 6.19. The summed E-state index contributed by atoms with van der Waals surface area (Å²) in [6.45, 7) is 0.281. The summed E-state index contributed by atoms with van der Waals surface area (Å²) in [4.78, 5) is 5.89. The molecule has 0 spiro atoms. The van der Waals surface area contributed by atoms with Gasteiger partial charge in [-0.15, -0.1) is 0 Å². The number of aliphatic imine (C=N–C) groups is 1. The lowest BCUT2D eigenvalue weighted by atomic mass is 10.2. The molecule has 0 saturated carbocycles. The van der Waals surface area contributed by atoms with Gasteiger partial charge >= 0.3 is 6.18 Å². The molecule has 1 aromatic carbocycles. The van der Waals surface area contributed by atoms with Crippen LogP contribution >= 0.6 is 0 Å². The first-order valence-corrected chi connectivity index (χ1v) is 8.60. The maximum atomic E-state index is 13.9. The number of guanidine groups is 1. The first-order valence-electron chi connectivity index (χ1n) is 8.60. The van der Waals surface area contributed by atoms with Crippen molar-refractivity contribution in [2.75, 3.05) is 44.8 Å². The SMILES string of the molecule is CN=C(NCCCOCC(F)(F)F)NC1CCN(c2ccc(F)cc2F)C1. The van der Waals surface area contributed by atoms with E-state index < -0.39 is 24.4 Å². The number of ether oxygens (including phenoxy) is 1. The number of halogens is 5. The maximum Gasteiger partial charge on any atom is 0.411 e. The molecule has 1 fully saturated rings. The predicted octanol–water partition coefficient (Wildman–Crippen LogP) is 2.68. The van der Waals surface area contributed by atoms with Crippen LogP contribution in [-0.2, 0) is 4.74 Å². The molecule has 5 nitrogen and oxygen atoms in total. The summed E-state index contributed by atoms with van der Waals surface area (Å²) in [6.07, 6.45) is -3.18. The van der Waals surface area contributed by atoms with Gasteiger partial charge in [0, 0.05) is 45.4 Å². The number of nitrogens with one attached hydrogen (secondary N) is 2. The van der Waals surface area contributed by atoms with E-state index in [1.807, 2.05) is 4.90 Å². The fourth-order valence-electron chi connectivity index (χ4n) is 2.79. The topological polar surface area (TPSA) is 48.9 Å². The predicted molar refractivity (Wildman–Crippen MR) is 93.0 cm³/mol. The van der Waals surface area contributed by atoms with E-state index in [1.165, 1.54) is 12.1 Å². The Hall–Kier alpha value is -2.10. The first-order chi connectivity index (χ1) is 12.8. The first kappa shape index (κ1) is 21.2. The Kier molecular flexibility index (Phi) is 7.64. The maximum absolute atomic E-state index is 13.9. The van der Waals surface area contributed by atoms with Gasteiger partial charge in [0.05, 0.1) is 5.69 Å². The third kappa shape index (κ3) is 7.20. The van der Waals surface area contributed by atoms with E-state index in [2.05, 4.69) is 20.4 Å². The van der Waals surface area contributed by atoms with Gasteiger partial charge in [0.1, 0.15) is 18.2 Å². The minimum atomic E-state index is -4.32. The number of anilines is 1. The van der Waals surface area contributed by atoms with Gasteiger partial charge in [-0.1, -0.05) is 0 Å². The molecule has 0 aromatic heterocycles. The standard InChI is InChI=1S/C17H23F5N4O/c1-23-16(24-6-2-8-27-11-17(20,21)22)25-13-5-7-26(10-13)15-4-3-12(18)9-14(15)19/h3-4,9,13H,2,5-8,10-11H2,1H3,(H2,23,24,25). The minimum Gasteiger partial charge on any atom is -0.372 e. The lowest BCUT2D eigenvalue weighted by Gasteiger charge is -2.21. The smallest absolute Gasteiger partial charge is 0.372 e. The second kappa shape index (κ2) is 9.72. The lowest BCUT2D eigenvalue weighted by Crippen LogP contribution is -2.45. The number of hydrogen-bond acceptors (Lipinski definition) is 3. The van der Waals surface area contributed by atoms with E-state index in [0.29, 0.717) is 37.7 Å². The fourth-order valence-corrected chi connectivity index (χ4v) is 2.79. The summed E-state index contributed by atoms with van der Waals surface area (Å²) in [7, 11) is 1.59. The third-order valence-electron chi connectivity index (χ3n) is 4.03. The van der Waals surface area contributed by atoms with E-state index in [4.69, 9.17) is 0 Å². The van der Waals surface area contributed by atoms with Crippen LogP contribution < -0.4 is 15.5 Å². The Morgan fingerprint density at radius 3 is 2.78 bits per heavy atom. The molecule has 152 valence electrons. The van der Waals surface area contributed by atoms with Crippen molar-refractivity contribution in [3.05, 3.63) is 29.8 Å². The molecule has 1 aliphatic rings. The summed E-state index contributed by atoms with van der Waals surface area (Å²) < 4.78 is 67.3. The molecule has 2 rings (SSSR count). The molecule has 1 saturated heterocycles. The highest BCUT2D eigenvalue weighted by atomic mass is 19.4. The van der Waals surface area contributed by atoms with E-state index >= 15 is 0 Å². The Morgan fingerprint density at radius 2 is 2.11 bits per heavy atom. The van der Waals surface area contributed by atoms with E-state index in [1.54, 1.807) is 7.05 Å². The number of alkyl halides is 3. The molecule has 1 aliphatic heterocycles. The summed E-state index contributed by atoms with van der Waals surface area (Å²) in [5.41, 5.74) is 0.352. The van der Waals surface area contributed by atoms with Crippen molar-refractivity contribution >= 4 is 11.6 Å². The Bertz CT molecular complexity index is 638. The van der Waals surface area contributed by atoms with E-state index in [0.717, 1.165) is 12.5 Å². The van der Waals surface area contributed by atoms with Crippen LogP contribution in [0.1, 0.15) is 12.8 Å². The van der Waals surface area contributed by atoms with Crippen LogP contribution in [0.4, 0.5) is 27.6 Å². The molecule has 27 heavy (non-hydrogen) atoms. The summed E-state index contributed by atoms with van der Waals surface area (Å²) >= 11 is 0. The van der Waals surface area contributed by atoms with Crippen molar-refractivity contribution in [2.24, 2.45) is 4.99 Å². The largest absolute Gasteiger partial charge is 0.411 e. The van der Waals surface area contributed by atoms with Gasteiger partial charge in [-0.05, 0) is 25.0 Å².